The van der Waals surface area contributed by atoms with E-state index in [2.05, 4.69) is 11.4 Å². The zero-order chi connectivity index (χ0) is 18.4. The molecule has 0 aromatic heterocycles. The van der Waals surface area contributed by atoms with E-state index in [1.807, 2.05) is 72.8 Å². The lowest BCUT2D eigenvalue weighted by Gasteiger charge is -2.10. The number of nitrogens with two attached hydrogens (primary N) is 1. The highest BCUT2D eigenvalue weighted by Gasteiger charge is 2.05. The van der Waals surface area contributed by atoms with E-state index in [4.69, 9.17) is 16.6 Å². The Balaban J connectivity index is 1.65. The summed E-state index contributed by atoms with van der Waals surface area (Å²) in [4.78, 5) is 0. The quantitative estimate of drug-likeness (QED) is 0.383. The summed E-state index contributed by atoms with van der Waals surface area (Å²) >= 11 is 0. The molecule has 3 aromatic rings. The molecule has 0 unspecified atom stereocenters. The summed E-state index contributed by atoms with van der Waals surface area (Å²) in [5, 5.41) is 19.1. The van der Waals surface area contributed by atoms with Gasteiger partial charge in [-0.2, -0.15) is 0 Å². The van der Waals surface area contributed by atoms with Crippen LogP contribution in [0, 0.1) is 10.8 Å². The zero-order valence-electron chi connectivity index (χ0n) is 14.5. The second kappa shape index (κ2) is 8.12. The second-order valence-corrected chi connectivity index (χ2v) is 6.19. The van der Waals surface area contributed by atoms with Crippen LogP contribution in [0.5, 0.6) is 0 Å². The Kier molecular flexibility index (Phi) is 5.44. The van der Waals surface area contributed by atoms with Crippen LogP contribution < -0.4 is 11.1 Å². The summed E-state index contributed by atoms with van der Waals surface area (Å²) in [5.74, 6) is 0.170. The average molecular weight is 342 g/mol. The Bertz CT molecular complexity index is 899. The van der Waals surface area contributed by atoms with Gasteiger partial charge in [-0.25, -0.2) is 0 Å². The molecule has 0 heterocycles. The molecule has 3 aromatic carbocycles. The predicted octanol–water partition coefficient (Wildman–Crippen LogP) is 4.19. The molecule has 4 heteroatoms. The monoisotopic (exact) mass is 342 g/mol. The fourth-order valence-electron chi connectivity index (χ4n) is 2.77. The van der Waals surface area contributed by atoms with Gasteiger partial charge in [0, 0.05) is 24.2 Å². The van der Waals surface area contributed by atoms with Crippen LogP contribution in [-0.2, 0) is 13.0 Å². The Morgan fingerprint density at radius 2 is 1.46 bits per heavy atom. The fraction of sp³-hybridized carbons (Fsp3) is 0.0909. The van der Waals surface area contributed by atoms with Crippen LogP contribution in [0.4, 0.5) is 5.69 Å². The van der Waals surface area contributed by atoms with E-state index >= 15 is 0 Å². The first-order valence-electron chi connectivity index (χ1n) is 8.51. The highest BCUT2D eigenvalue weighted by molar-refractivity contribution is 6.10. The van der Waals surface area contributed by atoms with Gasteiger partial charge in [0.15, 0.2) is 0 Å². The van der Waals surface area contributed by atoms with Crippen molar-refractivity contribution in [3.05, 3.63) is 101 Å². The maximum absolute atomic E-state index is 8.40. The number of nitrogens with one attached hydrogen (secondary N) is 3. The van der Waals surface area contributed by atoms with E-state index < -0.39 is 0 Å². The third-order valence-corrected chi connectivity index (χ3v) is 4.12. The van der Waals surface area contributed by atoms with E-state index in [1.54, 1.807) is 0 Å². The highest BCUT2D eigenvalue weighted by atomic mass is 14.9. The van der Waals surface area contributed by atoms with E-state index in [-0.39, 0.29) is 5.84 Å². The molecule has 0 amide bonds. The van der Waals surface area contributed by atoms with Gasteiger partial charge in [-0.15, -0.1) is 0 Å². The zero-order valence-corrected chi connectivity index (χ0v) is 14.5. The number of rotatable bonds is 7. The van der Waals surface area contributed by atoms with Crippen molar-refractivity contribution in [2.75, 3.05) is 5.32 Å². The molecule has 0 saturated carbocycles. The van der Waals surface area contributed by atoms with Gasteiger partial charge in [-0.1, -0.05) is 60.7 Å². The van der Waals surface area contributed by atoms with E-state index in [1.165, 1.54) is 0 Å². The van der Waals surface area contributed by atoms with Crippen molar-refractivity contribution in [2.45, 2.75) is 13.0 Å². The summed E-state index contributed by atoms with van der Waals surface area (Å²) in [7, 11) is 0. The first-order chi connectivity index (χ1) is 12.6. The molecule has 0 aliphatic carbocycles. The standard InChI is InChI=1S/C22H22N4/c23-21(24)14-16-9-11-20(12-10-16)26-15-17-5-4-8-19(13-17)22(25)18-6-2-1-3-7-18/h1-13,25-26H,14-15H2,(H3,23,24). The third-order valence-electron chi connectivity index (χ3n) is 4.12. The van der Waals surface area contributed by atoms with Crippen LogP contribution in [0.15, 0.2) is 78.9 Å². The smallest absolute Gasteiger partial charge is 0.0950 e. The molecule has 0 atom stereocenters. The number of amidine groups is 1. The molecule has 4 nitrogen and oxygen atoms in total. The maximum Gasteiger partial charge on any atom is 0.0950 e. The van der Waals surface area contributed by atoms with Gasteiger partial charge in [-0.05, 0) is 34.9 Å². The number of benzene rings is 3. The van der Waals surface area contributed by atoms with Crippen LogP contribution in [-0.4, -0.2) is 11.5 Å². The SMILES string of the molecule is N=C(N)Cc1ccc(NCc2cccc(C(=N)c3ccccc3)c2)cc1. The molecular formula is C22H22N4. The normalized spacial score (nSPS) is 10.3. The van der Waals surface area contributed by atoms with Crippen LogP contribution in [0.25, 0.3) is 0 Å². The van der Waals surface area contributed by atoms with Crippen LogP contribution >= 0.6 is 0 Å². The summed E-state index contributed by atoms with van der Waals surface area (Å²) in [6.45, 7) is 0.683. The van der Waals surface area contributed by atoms with Crippen molar-refractivity contribution in [1.82, 2.24) is 0 Å². The lowest BCUT2D eigenvalue weighted by atomic mass is 10.0. The summed E-state index contributed by atoms with van der Waals surface area (Å²) in [6.07, 6.45) is 0.476. The van der Waals surface area contributed by atoms with Crippen LogP contribution in [0.2, 0.25) is 0 Å². The Morgan fingerprint density at radius 1 is 0.769 bits per heavy atom. The minimum absolute atomic E-state index is 0.170. The van der Waals surface area contributed by atoms with E-state index in [0.717, 1.165) is 27.9 Å². The Labute approximate surface area is 153 Å². The molecule has 0 aliphatic rings. The first kappa shape index (κ1) is 17.4. The van der Waals surface area contributed by atoms with Gasteiger partial charge in [0.05, 0.1) is 11.5 Å². The number of hydrogen-bond donors (Lipinski definition) is 4. The lowest BCUT2D eigenvalue weighted by Crippen LogP contribution is -2.12. The molecule has 0 fully saturated rings. The molecule has 5 N–H and O–H groups in total. The summed E-state index contributed by atoms with van der Waals surface area (Å²) < 4.78 is 0. The second-order valence-electron chi connectivity index (χ2n) is 6.19. The molecular weight excluding hydrogens is 320 g/mol. The molecule has 0 radical (unpaired) electrons. The van der Waals surface area contributed by atoms with Crippen molar-refractivity contribution in [1.29, 1.82) is 10.8 Å². The van der Waals surface area contributed by atoms with Gasteiger partial charge >= 0.3 is 0 Å². The van der Waals surface area contributed by atoms with Gasteiger partial charge in [0.1, 0.15) is 0 Å². The third kappa shape index (κ3) is 4.57. The summed E-state index contributed by atoms with van der Waals surface area (Å²) in [5.41, 5.74) is 10.9. The minimum atomic E-state index is 0.170. The predicted molar refractivity (Wildman–Crippen MR) is 108 cm³/mol. The van der Waals surface area contributed by atoms with Gasteiger partial charge in [-0.3, -0.25) is 10.8 Å². The minimum Gasteiger partial charge on any atom is -0.387 e. The number of hydrogen-bond acceptors (Lipinski definition) is 3. The fourth-order valence-corrected chi connectivity index (χ4v) is 2.77. The van der Waals surface area contributed by atoms with Crippen molar-refractivity contribution in [2.24, 2.45) is 5.73 Å². The topological polar surface area (TPSA) is 85.8 Å². The van der Waals surface area contributed by atoms with Gasteiger partial charge in [0.25, 0.3) is 0 Å². The largest absolute Gasteiger partial charge is 0.387 e. The molecule has 0 bridgehead atoms. The maximum atomic E-state index is 8.40. The van der Waals surface area contributed by atoms with Crippen LogP contribution in [0.1, 0.15) is 22.3 Å². The van der Waals surface area contributed by atoms with Crippen molar-refractivity contribution < 1.29 is 0 Å². The molecule has 130 valence electrons. The van der Waals surface area contributed by atoms with Crippen molar-refractivity contribution >= 4 is 17.2 Å². The lowest BCUT2D eigenvalue weighted by molar-refractivity contribution is 1.14. The molecule has 26 heavy (non-hydrogen) atoms. The van der Waals surface area contributed by atoms with E-state index in [9.17, 15) is 0 Å². The molecule has 0 aliphatic heterocycles. The molecule has 3 rings (SSSR count). The number of anilines is 1. The molecule has 0 spiro atoms. The molecule has 0 saturated heterocycles. The summed E-state index contributed by atoms with van der Waals surface area (Å²) in [6, 6.07) is 25.8. The Hall–Kier alpha value is -3.40. The Morgan fingerprint density at radius 3 is 2.15 bits per heavy atom. The van der Waals surface area contributed by atoms with Crippen molar-refractivity contribution in [3.63, 3.8) is 0 Å². The van der Waals surface area contributed by atoms with Gasteiger partial charge < -0.3 is 11.1 Å². The average Bonchev–Trinajstić information content (AvgIpc) is 2.67. The van der Waals surface area contributed by atoms with Crippen LogP contribution in [0.3, 0.4) is 0 Å². The first-order valence-corrected chi connectivity index (χ1v) is 8.51. The van der Waals surface area contributed by atoms with Gasteiger partial charge in [0.2, 0.25) is 0 Å². The highest BCUT2D eigenvalue weighted by Crippen LogP contribution is 2.15. The van der Waals surface area contributed by atoms with E-state index in [0.29, 0.717) is 18.7 Å². The van der Waals surface area contributed by atoms with Crippen molar-refractivity contribution in [3.8, 4) is 0 Å².